The van der Waals surface area contributed by atoms with Gasteiger partial charge < -0.3 is 13.9 Å². The van der Waals surface area contributed by atoms with Crippen molar-refractivity contribution in [1.82, 2.24) is 4.57 Å². The molecule has 11 aromatic rings. The zero-order valence-electron chi connectivity index (χ0n) is 39.4. The third-order valence-electron chi connectivity index (χ3n) is 12.7. The average molecular weight is 837 g/mol. The van der Waals surface area contributed by atoms with Crippen LogP contribution in [0.5, 0.6) is 0 Å². The van der Waals surface area contributed by atoms with Crippen molar-refractivity contribution in [2.75, 3.05) is 4.90 Å². The molecular weight excluding hydrogens is 789 g/mol. The van der Waals surface area contributed by atoms with Gasteiger partial charge in [-0.3, -0.25) is 0 Å². The van der Waals surface area contributed by atoms with Crippen LogP contribution in [0.15, 0.2) is 253 Å². The Bertz CT molecular complexity index is 3960. The molecule has 0 bridgehead atoms. The third kappa shape index (κ3) is 6.60. The first-order valence-electron chi connectivity index (χ1n) is 24.1. The van der Waals surface area contributed by atoms with Gasteiger partial charge in [0.2, 0.25) is 0 Å². The van der Waals surface area contributed by atoms with Gasteiger partial charge in [0.25, 0.3) is 0 Å². The van der Waals surface area contributed by atoms with Gasteiger partial charge in [-0.1, -0.05) is 189 Å². The summed E-state index contributed by atoms with van der Waals surface area (Å²) >= 11 is 0. The zero-order chi connectivity index (χ0) is 46.8. The van der Waals surface area contributed by atoms with E-state index in [1.54, 1.807) is 6.08 Å². The van der Waals surface area contributed by atoms with Crippen LogP contribution in [0.1, 0.15) is 28.9 Å². The maximum absolute atomic E-state index is 9.88. The molecule has 3 nitrogen and oxygen atoms in total. The van der Waals surface area contributed by atoms with E-state index < -0.39 is 12.3 Å². The van der Waals surface area contributed by atoms with Crippen LogP contribution in [0.2, 0.25) is 0 Å². The molecule has 3 heteroatoms. The molecule has 0 aliphatic heterocycles. The van der Waals surface area contributed by atoms with Gasteiger partial charge in [0.1, 0.15) is 11.2 Å². The lowest BCUT2D eigenvalue weighted by Gasteiger charge is -2.31. The van der Waals surface area contributed by atoms with E-state index in [9.17, 15) is 5.48 Å². The summed E-state index contributed by atoms with van der Waals surface area (Å²) in [5, 5.41) is 8.37. The fraction of sp³-hybridized carbons (Fsp3) is 0.0323. The Labute approximate surface area is 383 Å². The van der Waals surface area contributed by atoms with Crippen molar-refractivity contribution < 1.29 is 9.90 Å². The first kappa shape index (κ1) is 34.1. The van der Waals surface area contributed by atoms with Gasteiger partial charge in [-0.05, 0) is 88.3 Å². The van der Waals surface area contributed by atoms with Crippen molar-refractivity contribution in [2.45, 2.75) is 12.3 Å². The fourth-order valence-electron chi connectivity index (χ4n) is 9.68. The second-order valence-electron chi connectivity index (χ2n) is 16.4. The van der Waals surface area contributed by atoms with E-state index in [1.807, 2.05) is 114 Å². The molecule has 2 atom stereocenters. The predicted molar refractivity (Wildman–Crippen MR) is 276 cm³/mol. The summed E-state index contributed by atoms with van der Waals surface area (Å²) < 4.78 is 48.3. The zero-order valence-corrected chi connectivity index (χ0v) is 35.4. The first-order chi connectivity index (χ1) is 33.9. The van der Waals surface area contributed by atoms with Crippen LogP contribution in [0.4, 0.5) is 5.69 Å². The Morgan fingerprint density at radius 1 is 0.615 bits per heavy atom. The molecular formula is C62H44N2O. The first-order valence-corrected chi connectivity index (χ1v) is 22.0. The van der Waals surface area contributed by atoms with Crippen molar-refractivity contribution >= 4 is 77.1 Å². The third-order valence-corrected chi connectivity index (χ3v) is 12.7. The van der Waals surface area contributed by atoms with Crippen LogP contribution in [0.25, 0.3) is 88.2 Å². The number of nitrogens with zero attached hydrogens (tertiary/aromatic N) is 2. The second-order valence-corrected chi connectivity index (χ2v) is 16.4. The fourth-order valence-corrected chi connectivity index (χ4v) is 9.68. The molecule has 65 heavy (non-hydrogen) atoms. The average Bonchev–Trinajstić information content (AvgIpc) is 3.95. The van der Waals surface area contributed by atoms with E-state index in [0.29, 0.717) is 17.0 Å². The highest BCUT2D eigenvalue weighted by molar-refractivity contribution is 6.17. The highest BCUT2D eigenvalue weighted by Crippen LogP contribution is 2.44. The molecule has 0 saturated heterocycles. The number of allylic oxidation sites excluding steroid dienone is 6. The number of fused-ring (bicyclic) bond motifs is 9. The molecule has 0 radical (unpaired) electrons. The van der Waals surface area contributed by atoms with Crippen LogP contribution in [-0.4, -0.2) is 4.57 Å². The topological polar surface area (TPSA) is 21.3 Å². The van der Waals surface area contributed by atoms with E-state index in [2.05, 4.69) is 114 Å². The number of aromatic nitrogens is 1. The summed E-state index contributed by atoms with van der Waals surface area (Å²) in [5.41, 5.74) is 9.53. The van der Waals surface area contributed by atoms with Crippen molar-refractivity contribution in [2.24, 2.45) is 0 Å². The minimum absolute atomic E-state index is 0.0214. The molecule has 0 saturated carbocycles. The Morgan fingerprint density at radius 2 is 1.25 bits per heavy atom. The summed E-state index contributed by atoms with van der Waals surface area (Å²) in [4.78, 5) is 1.85. The molecule has 1 aliphatic rings. The molecule has 2 heterocycles. The molecule has 12 rings (SSSR count). The Kier molecular flexibility index (Phi) is 8.43. The van der Waals surface area contributed by atoms with Crippen molar-refractivity contribution in [3.63, 3.8) is 0 Å². The number of hydrogen-bond donors (Lipinski definition) is 0. The van der Waals surface area contributed by atoms with Gasteiger partial charge in [-0.15, -0.1) is 0 Å². The number of benzene rings is 9. The quantitative estimate of drug-likeness (QED) is 0.135. The maximum atomic E-state index is 9.88. The van der Waals surface area contributed by atoms with Gasteiger partial charge in [0, 0.05) is 62.4 Å². The van der Waals surface area contributed by atoms with E-state index in [4.69, 9.17) is 4.42 Å². The lowest BCUT2D eigenvalue weighted by atomic mass is 9.88. The summed E-state index contributed by atoms with van der Waals surface area (Å²) in [6.45, 7) is 4.31. The van der Waals surface area contributed by atoms with E-state index in [-0.39, 0.29) is 23.9 Å². The number of anilines is 1. The maximum Gasteiger partial charge on any atom is 0.143 e. The normalized spacial score (nSPS) is 16.8. The summed E-state index contributed by atoms with van der Waals surface area (Å²) in [6.07, 6.45) is 6.47. The highest BCUT2D eigenvalue weighted by Gasteiger charge is 2.24. The largest absolute Gasteiger partial charge is 0.455 e. The molecule has 0 fully saturated rings. The van der Waals surface area contributed by atoms with E-state index in [0.717, 1.165) is 76.9 Å². The Balaban J connectivity index is 1.02. The van der Waals surface area contributed by atoms with E-state index >= 15 is 0 Å². The number of furan rings is 1. The number of rotatable bonds is 9. The van der Waals surface area contributed by atoms with Crippen molar-refractivity contribution in [3.8, 4) is 16.8 Å². The second kappa shape index (κ2) is 16.1. The molecule has 0 N–H and O–H groups in total. The van der Waals surface area contributed by atoms with Gasteiger partial charge in [0.15, 0.2) is 0 Å². The minimum atomic E-state index is -1.18. The van der Waals surface area contributed by atoms with Crippen molar-refractivity contribution in [3.05, 3.63) is 260 Å². The smallest absolute Gasteiger partial charge is 0.143 e. The molecule has 2 unspecified atom stereocenters. The minimum Gasteiger partial charge on any atom is -0.455 e. The molecule has 308 valence electrons. The summed E-state index contributed by atoms with van der Waals surface area (Å²) in [6, 6.07) is 65.5. The molecule has 0 amide bonds. The molecule has 9 aromatic carbocycles. The Morgan fingerprint density at radius 3 is 2.06 bits per heavy atom. The van der Waals surface area contributed by atoms with Crippen LogP contribution >= 0.6 is 0 Å². The lowest BCUT2D eigenvalue weighted by Crippen LogP contribution is -2.22. The van der Waals surface area contributed by atoms with Crippen LogP contribution in [-0.2, 0) is 0 Å². The van der Waals surface area contributed by atoms with Gasteiger partial charge in [0.05, 0.1) is 20.8 Å². The summed E-state index contributed by atoms with van der Waals surface area (Å²) in [7, 11) is 0. The molecule has 1 aliphatic carbocycles. The van der Waals surface area contributed by atoms with Crippen LogP contribution < -0.4 is 4.90 Å². The highest BCUT2D eigenvalue weighted by atomic mass is 16.3. The van der Waals surface area contributed by atoms with E-state index in [1.165, 1.54) is 10.8 Å². The Hall–Kier alpha value is -8.40. The monoisotopic (exact) mass is 836 g/mol. The number of hydrogen-bond acceptors (Lipinski definition) is 2. The van der Waals surface area contributed by atoms with Gasteiger partial charge in [-0.2, -0.15) is 0 Å². The molecule has 2 aromatic heterocycles. The molecule has 0 spiro atoms. The predicted octanol–water partition coefficient (Wildman–Crippen LogP) is 16.9. The van der Waals surface area contributed by atoms with Crippen LogP contribution in [0.3, 0.4) is 0 Å². The lowest BCUT2D eigenvalue weighted by molar-refractivity contribution is 0.674. The van der Waals surface area contributed by atoms with Gasteiger partial charge >= 0.3 is 0 Å². The number of para-hydroxylation sites is 4. The van der Waals surface area contributed by atoms with Gasteiger partial charge in [-0.25, -0.2) is 0 Å². The summed E-state index contributed by atoms with van der Waals surface area (Å²) in [5.74, 6) is -0.825. The standard InChI is InChI=1S/C62H44N2O/c1-2-46(22-13-17-42-18-14-23-48(41-42)64-59-33-11-7-26-52(59)53-27-8-12-34-60(53)64)63(47-38-35-45(36-39-47)50-29-15-21-43-19-3-5-24-49(43)50)58-32-10-9-28-54(58)55-30-16-31-56-57-40-37-44-20-4-6-25-51(44)61(57)65-62(55)56/h2-35,37-41,45H,1,36H2/b17-13+,46-22+/i35D,36D,38D,39D. The van der Waals surface area contributed by atoms with Crippen molar-refractivity contribution in [1.29, 1.82) is 0 Å². The van der Waals surface area contributed by atoms with Crippen LogP contribution in [0, 0.1) is 0 Å². The SMILES string of the molecule is [2H]C1=C([2H])C(c2cccc3ccccc23)C([2H])C([2H])=C1N(/C(C=C)=C/C=C/c1cccc(-n2c3ccccc3c3ccccc32)c1)c1ccccc1-c1cccc2c1oc1c3ccccc3ccc21.